The summed E-state index contributed by atoms with van der Waals surface area (Å²) in [4.78, 5) is 6.29. The number of nitrogens with two attached hydrogens (primary N) is 1. The van der Waals surface area contributed by atoms with Crippen molar-refractivity contribution in [2.75, 3.05) is 33.9 Å². The lowest BCUT2D eigenvalue weighted by Gasteiger charge is -2.18. The topological polar surface area (TPSA) is 60.6 Å². The lowest BCUT2D eigenvalue weighted by atomic mass is 10.1. The standard InChI is InChI=1S/C14H22FN3O2/c1-19-13-8-18(9-14(13)20-2)6-5-11(16)12-4-3-10(15)7-17-12/h3-4,7,11,13-14H,5-6,8-9,16H2,1-2H3. The maximum atomic E-state index is 12.8. The molecule has 1 saturated heterocycles. The minimum atomic E-state index is -0.341. The second kappa shape index (κ2) is 7.08. The fourth-order valence-electron chi connectivity index (χ4n) is 2.53. The number of ether oxygens (including phenoxy) is 2. The lowest BCUT2D eigenvalue weighted by molar-refractivity contribution is -0.00461. The Kier molecular flexibility index (Phi) is 5.42. The van der Waals surface area contributed by atoms with E-state index in [1.807, 2.05) is 0 Å². The predicted octanol–water partition coefficient (Wildman–Crippen LogP) is 0.956. The fourth-order valence-corrected chi connectivity index (χ4v) is 2.53. The van der Waals surface area contributed by atoms with Crippen molar-refractivity contribution in [2.45, 2.75) is 24.7 Å². The number of pyridine rings is 1. The van der Waals surface area contributed by atoms with Gasteiger partial charge in [-0.2, -0.15) is 0 Å². The van der Waals surface area contributed by atoms with Gasteiger partial charge in [-0.05, 0) is 18.6 Å². The third-order valence-electron chi connectivity index (χ3n) is 3.78. The molecule has 1 aromatic rings. The third kappa shape index (κ3) is 3.73. The van der Waals surface area contributed by atoms with Crippen LogP contribution in [0, 0.1) is 5.82 Å². The smallest absolute Gasteiger partial charge is 0.141 e. The molecule has 3 unspecified atom stereocenters. The highest BCUT2D eigenvalue weighted by Gasteiger charge is 2.32. The predicted molar refractivity (Wildman–Crippen MR) is 73.8 cm³/mol. The molecule has 0 bridgehead atoms. The van der Waals surface area contributed by atoms with E-state index in [-0.39, 0.29) is 24.1 Å². The summed E-state index contributed by atoms with van der Waals surface area (Å²) in [6.45, 7) is 2.54. The normalized spacial score (nSPS) is 25.0. The van der Waals surface area contributed by atoms with Crippen molar-refractivity contribution in [3.05, 3.63) is 29.8 Å². The van der Waals surface area contributed by atoms with Crippen LogP contribution < -0.4 is 5.73 Å². The second-order valence-corrected chi connectivity index (χ2v) is 5.10. The highest BCUT2D eigenvalue weighted by molar-refractivity contribution is 5.09. The lowest BCUT2D eigenvalue weighted by Crippen LogP contribution is -2.27. The first-order valence-corrected chi connectivity index (χ1v) is 6.79. The first-order valence-electron chi connectivity index (χ1n) is 6.79. The van der Waals surface area contributed by atoms with Gasteiger partial charge in [0.1, 0.15) is 5.82 Å². The monoisotopic (exact) mass is 283 g/mol. The van der Waals surface area contributed by atoms with E-state index >= 15 is 0 Å². The van der Waals surface area contributed by atoms with Crippen LogP contribution in [0.3, 0.4) is 0 Å². The molecule has 0 saturated carbocycles. The Labute approximate surface area is 118 Å². The summed E-state index contributed by atoms with van der Waals surface area (Å²) in [6, 6.07) is 2.85. The van der Waals surface area contributed by atoms with Crippen LogP contribution in [0.5, 0.6) is 0 Å². The first kappa shape index (κ1) is 15.3. The number of rotatable bonds is 6. The minimum absolute atomic E-state index is 0.111. The van der Waals surface area contributed by atoms with E-state index in [9.17, 15) is 4.39 Å². The Balaban J connectivity index is 1.82. The average Bonchev–Trinajstić information content (AvgIpc) is 2.88. The highest BCUT2D eigenvalue weighted by Crippen LogP contribution is 2.18. The van der Waals surface area contributed by atoms with Crippen molar-refractivity contribution < 1.29 is 13.9 Å². The van der Waals surface area contributed by atoms with Gasteiger partial charge in [0.25, 0.3) is 0 Å². The molecule has 2 rings (SSSR count). The van der Waals surface area contributed by atoms with Crippen molar-refractivity contribution in [1.29, 1.82) is 0 Å². The van der Waals surface area contributed by atoms with Crippen molar-refractivity contribution in [3.8, 4) is 0 Å². The number of nitrogens with zero attached hydrogens (tertiary/aromatic N) is 2. The maximum absolute atomic E-state index is 12.8. The summed E-state index contributed by atoms with van der Waals surface area (Å²) in [5, 5.41) is 0. The SMILES string of the molecule is COC1CN(CCC(N)c2ccc(F)cn2)CC1OC. The van der Waals surface area contributed by atoms with Crippen molar-refractivity contribution in [2.24, 2.45) is 5.73 Å². The zero-order chi connectivity index (χ0) is 14.5. The van der Waals surface area contributed by atoms with Crippen LogP contribution in [0.1, 0.15) is 18.2 Å². The van der Waals surface area contributed by atoms with Crippen LogP contribution in [0.2, 0.25) is 0 Å². The Hall–Kier alpha value is -1.08. The molecule has 0 aromatic carbocycles. The van der Waals surface area contributed by atoms with E-state index in [2.05, 4.69) is 9.88 Å². The number of aromatic nitrogens is 1. The number of likely N-dealkylation sites (tertiary alicyclic amines) is 1. The molecule has 0 radical (unpaired) electrons. The molecule has 1 aliphatic rings. The molecule has 1 aromatic heterocycles. The maximum Gasteiger partial charge on any atom is 0.141 e. The molecule has 0 amide bonds. The molecular weight excluding hydrogens is 261 g/mol. The van der Waals surface area contributed by atoms with Crippen LogP contribution in [-0.4, -0.2) is 55.9 Å². The van der Waals surface area contributed by atoms with E-state index in [0.717, 1.165) is 31.7 Å². The van der Waals surface area contributed by atoms with E-state index in [1.54, 1.807) is 20.3 Å². The molecule has 0 spiro atoms. The van der Waals surface area contributed by atoms with Gasteiger partial charge in [-0.15, -0.1) is 0 Å². The Morgan fingerprint density at radius 1 is 1.35 bits per heavy atom. The van der Waals surface area contributed by atoms with Crippen LogP contribution in [0.4, 0.5) is 4.39 Å². The zero-order valence-electron chi connectivity index (χ0n) is 12.0. The average molecular weight is 283 g/mol. The van der Waals surface area contributed by atoms with Gasteiger partial charge in [0.15, 0.2) is 0 Å². The largest absolute Gasteiger partial charge is 0.377 e. The fraction of sp³-hybridized carbons (Fsp3) is 0.643. The summed E-state index contributed by atoms with van der Waals surface area (Å²) in [5.41, 5.74) is 6.80. The van der Waals surface area contributed by atoms with E-state index in [4.69, 9.17) is 15.2 Å². The highest BCUT2D eigenvalue weighted by atomic mass is 19.1. The molecule has 1 fully saturated rings. The van der Waals surface area contributed by atoms with Gasteiger partial charge in [-0.1, -0.05) is 0 Å². The van der Waals surface area contributed by atoms with E-state index < -0.39 is 0 Å². The molecule has 20 heavy (non-hydrogen) atoms. The van der Waals surface area contributed by atoms with Gasteiger partial charge in [-0.3, -0.25) is 9.88 Å². The Bertz CT molecular complexity index is 403. The number of hydrogen-bond donors (Lipinski definition) is 1. The van der Waals surface area contributed by atoms with Gasteiger partial charge < -0.3 is 15.2 Å². The van der Waals surface area contributed by atoms with Gasteiger partial charge in [-0.25, -0.2) is 4.39 Å². The van der Waals surface area contributed by atoms with Crippen LogP contribution in [0.15, 0.2) is 18.3 Å². The van der Waals surface area contributed by atoms with Gasteiger partial charge in [0.05, 0.1) is 24.1 Å². The molecular formula is C14H22FN3O2. The van der Waals surface area contributed by atoms with E-state index in [1.165, 1.54) is 12.3 Å². The molecule has 5 nitrogen and oxygen atoms in total. The van der Waals surface area contributed by atoms with Crippen LogP contribution in [-0.2, 0) is 9.47 Å². The van der Waals surface area contributed by atoms with Gasteiger partial charge in [0, 0.05) is 39.9 Å². The Morgan fingerprint density at radius 3 is 2.50 bits per heavy atom. The van der Waals surface area contributed by atoms with Crippen molar-refractivity contribution in [1.82, 2.24) is 9.88 Å². The molecule has 2 heterocycles. The summed E-state index contributed by atoms with van der Waals surface area (Å²) in [7, 11) is 3.41. The first-order chi connectivity index (χ1) is 9.63. The summed E-state index contributed by atoms with van der Waals surface area (Å²) in [5.74, 6) is -0.341. The minimum Gasteiger partial charge on any atom is -0.377 e. The molecule has 112 valence electrons. The van der Waals surface area contributed by atoms with Crippen LogP contribution >= 0.6 is 0 Å². The number of hydrogen-bond acceptors (Lipinski definition) is 5. The Morgan fingerprint density at radius 2 is 2.00 bits per heavy atom. The summed E-state index contributed by atoms with van der Waals surface area (Å²) in [6.07, 6.45) is 2.19. The summed E-state index contributed by atoms with van der Waals surface area (Å²) >= 11 is 0. The van der Waals surface area contributed by atoms with Crippen molar-refractivity contribution in [3.63, 3.8) is 0 Å². The third-order valence-corrected chi connectivity index (χ3v) is 3.78. The van der Waals surface area contributed by atoms with Gasteiger partial charge in [0.2, 0.25) is 0 Å². The second-order valence-electron chi connectivity index (χ2n) is 5.10. The van der Waals surface area contributed by atoms with Crippen LogP contribution in [0.25, 0.3) is 0 Å². The van der Waals surface area contributed by atoms with E-state index in [0.29, 0.717) is 0 Å². The number of halogens is 1. The molecule has 0 aliphatic carbocycles. The quantitative estimate of drug-likeness (QED) is 0.842. The molecule has 2 N–H and O–H groups in total. The van der Waals surface area contributed by atoms with Crippen molar-refractivity contribution >= 4 is 0 Å². The number of methoxy groups -OCH3 is 2. The summed E-state index contributed by atoms with van der Waals surface area (Å²) < 4.78 is 23.6. The van der Waals surface area contributed by atoms with Gasteiger partial charge >= 0.3 is 0 Å². The zero-order valence-corrected chi connectivity index (χ0v) is 12.0. The molecule has 1 aliphatic heterocycles. The molecule has 3 atom stereocenters. The molecule has 6 heteroatoms.